The maximum absolute atomic E-state index is 12.8. The van der Waals surface area contributed by atoms with Gasteiger partial charge in [-0.2, -0.15) is 5.26 Å². The van der Waals surface area contributed by atoms with Gasteiger partial charge in [0.15, 0.2) is 0 Å². The van der Waals surface area contributed by atoms with Gasteiger partial charge in [-0.25, -0.2) is 4.79 Å². The van der Waals surface area contributed by atoms with Crippen molar-refractivity contribution in [1.82, 2.24) is 15.5 Å². The van der Waals surface area contributed by atoms with Crippen LogP contribution < -0.4 is 10.6 Å². The number of carbonyl (C=O) groups excluding carboxylic acids is 3. The van der Waals surface area contributed by atoms with Crippen molar-refractivity contribution in [2.75, 3.05) is 6.54 Å². The van der Waals surface area contributed by atoms with Gasteiger partial charge < -0.3 is 10.6 Å². The average Bonchev–Trinajstić information content (AvgIpc) is 3.20. The Morgan fingerprint density at radius 1 is 1.26 bits per heavy atom. The lowest BCUT2D eigenvalue weighted by Crippen LogP contribution is -2.50. The fourth-order valence-corrected chi connectivity index (χ4v) is 3.79. The van der Waals surface area contributed by atoms with E-state index in [0.717, 1.165) is 23.3 Å². The molecule has 0 radical (unpaired) electrons. The minimum atomic E-state index is -1.03. The highest BCUT2D eigenvalue weighted by Gasteiger charge is 2.48. The Bertz CT molecular complexity index is 780. The Kier molecular flexibility index (Phi) is 5.17. The summed E-state index contributed by atoms with van der Waals surface area (Å²) in [5, 5.41) is 14.8. The van der Waals surface area contributed by atoms with Crippen LogP contribution in [0.4, 0.5) is 4.79 Å². The van der Waals surface area contributed by atoms with Crippen LogP contribution >= 0.6 is 0 Å². The predicted octanol–water partition coefficient (Wildman–Crippen LogP) is 1.88. The first-order valence-electron chi connectivity index (χ1n) is 9.28. The number of nitriles is 1. The third-order valence-electron chi connectivity index (χ3n) is 5.45. The summed E-state index contributed by atoms with van der Waals surface area (Å²) in [6.45, 7) is 1.32. The molecule has 27 heavy (non-hydrogen) atoms. The van der Waals surface area contributed by atoms with Crippen LogP contribution in [0.15, 0.2) is 30.3 Å². The molecule has 1 aromatic rings. The number of amides is 4. The number of rotatable bonds is 6. The van der Waals surface area contributed by atoms with Crippen LogP contribution in [0, 0.1) is 11.3 Å². The molecule has 1 aliphatic carbocycles. The smallest absolute Gasteiger partial charge is 0.325 e. The lowest BCUT2D eigenvalue weighted by Gasteiger charge is -2.24. The van der Waals surface area contributed by atoms with E-state index in [1.165, 1.54) is 0 Å². The summed E-state index contributed by atoms with van der Waals surface area (Å²) in [5.74, 6) is -0.884. The number of urea groups is 1. The van der Waals surface area contributed by atoms with E-state index in [-0.39, 0.29) is 6.54 Å². The molecular formula is C20H24N4O3. The van der Waals surface area contributed by atoms with Crippen molar-refractivity contribution in [1.29, 1.82) is 5.26 Å². The predicted molar refractivity (Wildman–Crippen MR) is 98.4 cm³/mol. The number of hydrogen-bond acceptors (Lipinski definition) is 4. The van der Waals surface area contributed by atoms with Gasteiger partial charge in [-0.05, 0) is 51.0 Å². The maximum Gasteiger partial charge on any atom is 0.325 e. The Morgan fingerprint density at radius 2 is 1.93 bits per heavy atom. The van der Waals surface area contributed by atoms with Crippen molar-refractivity contribution in [3.8, 4) is 6.07 Å². The molecule has 0 bridgehead atoms. The van der Waals surface area contributed by atoms with E-state index >= 15 is 0 Å². The van der Waals surface area contributed by atoms with Gasteiger partial charge >= 0.3 is 6.03 Å². The van der Waals surface area contributed by atoms with E-state index in [9.17, 15) is 19.6 Å². The summed E-state index contributed by atoms with van der Waals surface area (Å²) < 4.78 is 0. The van der Waals surface area contributed by atoms with Crippen LogP contribution in [-0.2, 0) is 16.0 Å². The van der Waals surface area contributed by atoms with Gasteiger partial charge in [-0.1, -0.05) is 30.3 Å². The molecule has 1 aliphatic heterocycles. The Morgan fingerprint density at radius 3 is 2.56 bits per heavy atom. The number of imide groups is 1. The molecule has 7 nitrogen and oxygen atoms in total. The summed E-state index contributed by atoms with van der Waals surface area (Å²) in [4.78, 5) is 38.4. The highest BCUT2D eigenvalue weighted by Crippen LogP contribution is 2.29. The molecule has 2 fully saturated rings. The minimum Gasteiger partial charge on any atom is -0.336 e. The van der Waals surface area contributed by atoms with Crippen molar-refractivity contribution >= 4 is 17.8 Å². The molecule has 1 aromatic carbocycles. The standard InChI is InChI=1S/C20H24N4O3/c1-19(12-9-15-7-3-2-4-8-15)17(26)24(18(27)23-19)13-16(25)22-20(14-21)10-5-6-11-20/h2-4,7-8H,5-6,9-13H2,1H3,(H,22,25)(H,23,27)/t19-/m0/s1. The van der Waals surface area contributed by atoms with E-state index in [2.05, 4.69) is 16.7 Å². The van der Waals surface area contributed by atoms with E-state index in [0.29, 0.717) is 25.7 Å². The fraction of sp³-hybridized carbons (Fsp3) is 0.500. The highest BCUT2D eigenvalue weighted by molar-refractivity contribution is 6.08. The molecule has 0 unspecified atom stereocenters. The van der Waals surface area contributed by atoms with E-state index in [4.69, 9.17) is 0 Å². The number of nitrogens with one attached hydrogen (secondary N) is 2. The largest absolute Gasteiger partial charge is 0.336 e. The summed E-state index contributed by atoms with van der Waals surface area (Å²) >= 11 is 0. The molecule has 1 saturated heterocycles. The molecule has 4 amide bonds. The van der Waals surface area contributed by atoms with Gasteiger partial charge in [0.2, 0.25) is 5.91 Å². The van der Waals surface area contributed by atoms with Crippen molar-refractivity contribution < 1.29 is 14.4 Å². The van der Waals surface area contributed by atoms with Crippen LogP contribution in [-0.4, -0.2) is 40.4 Å². The summed E-state index contributed by atoms with van der Waals surface area (Å²) in [5.41, 5.74) is -0.824. The third kappa shape index (κ3) is 3.95. The first kappa shape index (κ1) is 18.9. The molecule has 142 valence electrons. The lowest BCUT2D eigenvalue weighted by atomic mass is 9.93. The molecule has 1 heterocycles. The Labute approximate surface area is 158 Å². The topological polar surface area (TPSA) is 102 Å². The quantitative estimate of drug-likeness (QED) is 0.749. The average molecular weight is 368 g/mol. The number of nitrogens with zero attached hydrogens (tertiary/aromatic N) is 2. The zero-order valence-corrected chi connectivity index (χ0v) is 15.5. The summed E-state index contributed by atoms with van der Waals surface area (Å²) in [7, 11) is 0. The molecule has 0 aromatic heterocycles. The van der Waals surface area contributed by atoms with Crippen molar-refractivity contribution in [3.05, 3.63) is 35.9 Å². The van der Waals surface area contributed by atoms with Gasteiger partial charge in [-0.15, -0.1) is 0 Å². The lowest BCUT2D eigenvalue weighted by molar-refractivity contribution is -0.135. The molecular weight excluding hydrogens is 344 g/mol. The molecule has 2 N–H and O–H groups in total. The monoisotopic (exact) mass is 368 g/mol. The first-order valence-corrected chi connectivity index (χ1v) is 9.28. The van der Waals surface area contributed by atoms with Crippen LogP contribution in [0.1, 0.15) is 44.6 Å². The first-order chi connectivity index (χ1) is 12.9. The number of benzene rings is 1. The van der Waals surface area contributed by atoms with E-state index < -0.39 is 28.9 Å². The zero-order chi connectivity index (χ0) is 19.5. The maximum atomic E-state index is 12.8. The molecule has 1 atom stereocenters. The normalized spacial score (nSPS) is 23.8. The second kappa shape index (κ2) is 7.39. The van der Waals surface area contributed by atoms with Gasteiger partial charge in [-0.3, -0.25) is 14.5 Å². The Balaban J connectivity index is 1.61. The van der Waals surface area contributed by atoms with Crippen molar-refractivity contribution in [3.63, 3.8) is 0 Å². The molecule has 1 saturated carbocycles. The molecule has 7 heteroatoms. The summed E-state index contributed by atoms with van der Waals surface area (Å²) in [6.07, 6.45) is 4.06. The second-order valence-electron chi connectivity index (χ2n) is 7.59. The molecule has 0 spiro atoms. The van der Waals surface area contributed by atoms with Crippen molar-refractivity contribution in [2.45, 2.75) is 56.5 Å². The zero-order valence-electron chi connectivity index (χ0n) is 15.5. The van der Waals surface area contributed by atoms with Crippen molar-refractivity contribution in [2.24, 2.45) is 0 Å². The molecule has 3 rings (SSSR count). The summed E-state index contributed by atoms with van der Waals surface area (Å²) in [6, 6.07) is 11.3. The van der Waals surface area contributed by atoms with E-state index in [1.54, 1.807) is 6.92 Å². The third-order valence-corrected chi connectivity index (χ3v) is 5.45. The van der Waals surface area contributed by atoms with Gasteiger partial charge in [0.05, 0.1) is 6.07 Å². The highest BCUT2D eigenvalue weighted by atomic mass is 16.2. The number of aryl methyl sites for hydroxylation is 1. The van der Waals surface area contributed by atoms with Gasteiger partial charge in [0, 0.05) is 0 Å². The van der Waals surface area contributed by atoms with Crippen LogP contribution in [0.25, 0.3) is 0 Å². The van der Waals surface area contributed by atoms with Crippen LogP contribution in [0.5, 0.6) is 0 Å². The molecule has 2 aliphatic rings. The van der Waals surface area contributed by atoms with Gasteiger partial charge in [0.25, 0.3) is 5.91 Å². The Hall–Kier alpha value is -2.88. The van der Waals surface area contributed by atoms with Crippen LogP contribution in [0.2, 0.25) is 0 Å². The number of hydrogen-bond donors (Lipinski definition) is 2. The number of carbonyl (C=O) groups is 3. The van der Waals surface area contributed by atoms with Crippen LogP contribution in [0.3, 0.4) is 0 Å². The van der Waals surface area contributed by atoms with E-state index in [1.807, 2.05) is 30.3 Å². The minimum absolute atomic E-state index is 0.366. The fourth-order valence-electron chi connectivity index (χ4n) is 3.79. The van der Waals surface area contributed by atoms with Gasteiger partial charge in [0.1, 0.15) is 17.6 Å². The second-order valence-corrected chi connectivity index (χ2v) is 7.59. The SMILES string of the molecule is C[C@@]1(CCc2ccccc2)NC(=O)N(CC(=O)NC2(C#N)CCCC2)C1=O.